The average Bonchev–Trinajstić information content (AvgIpc) is 2.16. The number of piperidine rings is 1. The summed E-state index contributed by atoms with van der Waals surface area (Å²) in [6, 6.07) is 0. The minimum absolute atomic E-state index is 0.0896. The first-order valence-corrected chi connectivity index (χ1v) is 5.35. The maximum absolute atomic E-state index is 12.0. The molecule has 1 aliphatic rings. The van der Waals surface area contributed by atoms with Crippen LogP contribution in [0.5, 0.6) is 0 Å². The van der Waals surface area contributed by atoms with E-state index in [2.05, 4.69) is 19.2 Å². The molecule has 0 radical (unpaired) electrons. The van der Waals surface area contributed by atoms with Gasteiger partial charge < -0.3 is 5.32 Å². The highest BCUT2D eigenvalue weighted by atomic mass is 16.1. The molecular weight excluding hydrogens is 162 g/mol. The van der Waals surface area contributed by atoms with Crippen molar-refractivity contribution >= 4 is 5.78 Å². The summed E-state index contributed by atoms with van der Waals surface area (Å²) in [6.45, 7) is 8.18. The van der Waals surface area contributed by atoms with E-state index in [9.17, 15) is 4.79 Å². The maximum Gasteiger partial charge on any atom is 0.142 e. The van der Waals surface area contributed by atoms with E-state index >= 15 is 0 Å². The molecule has 2 nitrogen and oxygen atoms in total. The molecule has 1 aliphatic heterocycles. The van der Waals surface area contributed by atoms with Gasteiger partial charge in [0.25, 0.3) is 0 Å². The highest BCUT2D eigenvalue weighted by Gasteiger charge is 2.36. The summed E-state index contributed by atoms with van der Waals surface area (Å²) < 4.78 is 0. The lowest BCUT2D eigenvalue weighted by Crippen LogP contribution is -2.45. The minimum Gasteiger partial charge on any atom is -0.316 e. The fourth-order valence-electron chi connectivity index (χ4n) is 2.05. The van der Waals surface area contributed by atoms with Gasteiger partial charge in [0.05, 0.1) is 0 Å². The fraction of sp³-hybridized carbons (Fsp3) is 0.909. The molecule has 0 aromatic heterocycles. The van der Waals surface area contributed by atoms with Gasteiger partial charge in [-0.2, -0.15) is 0 Å². The van der Waals surface area contributed by atoms with Crippen molar-refractivity contribution in [1.82, 2.24) is 5.32 Å². The lowest BCUT2D eigenvalue weighted by Gasteiger charge is -2.34. The van der Waals surface area contributed by atoms with Crippen LogP contribution >= 0.6 is 0 Å². The van der Waals surface area contributed by atoms with Crippen LogP contribution in [0.4, 0.5) is 0 Å². The predicted molar refractivity (Wildman–Crippen MR) is 54.7 cm³/mol. The number of ketones is 1. The zero-order chi connectivity index (χ0) is 9.90. The molecule has 1 rings (SSSR count). The lowest BCUT2D eigenvalue weighted by molar-refractivity contribution is -0.132. The van der Waals surface area contributed by atoms with Crippen LogP contribution in [-0.2, 0) is 4.79 Å². The van der Waals surface area contributed by atoms with Crippen molar-refractivity contribution in [2.45, 2.75) is 40.0 Å². The predicted octanol–water partition coefficient (Wildman–Crippen LogP) is 1.99. The Labute approximate surface area is 81.1 Å². The monoisotopic (exact) mass is 183 g/mol. The third-order valence-corrected chi connectivity index (χ3v) is 3.25. The van der Waals surface area contributed by atoms with Crippen molar-refractivity contribution in [3.05, 3.63) is 0 Å². The second-order valence-corrected chi connectivity index (χ2v) is 4.51. The van der Waals surface area contributed by atoms with Crippen molar-refractivity contribution < 1.29 is 4.79 Å². The van der Waals surface area contributed by atoms with Crippen LogP contribution < -0.4 is 5.32 Å². The first-order chi connectivity index (χ1) is 6.10. The number of hydrogen-bond acceptors (Lipinski definition) is 2. The fourth-order valence-corrected chi connectivity index (χ4v) is 2.05. The van der Waals surface area contributed by atoms with Gasteiger partial charge in [-0.1, -0.05) is 20.8 Å². The zero-order valence-electron chi connectivity index (χ0n) is 9.02. The molecule has 0 spiro atoms. The molecular formula is C11H21NO. The SMILES string of the molecule is CCC(C)C(=O)C1(C)CCCNC1. The van der Waals surface area contributed by atoms with Crippen molar-refractivity contribution in [2.75, 3.05) is 13.1 Å². The second-order valence-electron chi connectivity index (χ2n) is 4.51. The number of Topliss-reactive ketones (excluding diaryl/α,β-unsaturated/α-hetero) is 1. The van der Waals surface area contributed by atoms with E-state index in [4.69, 9.17) is 0 Å². The maximum atomic E-state index is 12.0. The molecule has 1 fully saturated rings. The minimum atomic E-state index is -0.0896. The third-order valence-electron chi connectivity index (χ3n) is 3.25. The summed E-state index contributed by atoms with van der Waals surface area (Å²) in [5, 5.41) is 3.31. The summed E-state index contributed by atoms with van der Waals surface area (Å²) in [6.07, 6.45) is 3.16. The van der Waals surface area contributed by atoms with Gasteiger partial charge in [-0.05, 0) is 25.8 Å². The Morgan fingerprint density at radius 1 is 1.62 bits per heavy atom. The first kappa shape index (κ1) is 10.7. The Kier molecular flexibility index (Phi) is 3.48. The van der Waals surface area contributed by atoms with Crippen LogP contribution in [0.2, 0.25) is 0 Å². The van der Waals surface area contributed by atoms with E-state index in [1.165, 1.54) is 0 Å². The second kappa shape index (κ2) is 4.23. The molecule has 13 heavy (non-hydrogen) atoms. The van der Waals surface area contributed by atoms with Crippen molar-refractivity contribution in [2.24, 2.45) is 11.3 Å². The number of rotatable bonds is 3. The van der Waals surface area contributed by atoms with E-state index in [1.807, 2.05) is 6.92 Å². The number of hydrogen-bond donors (Lipinski definition) is 1. The first-order valence-electron chi connectivity index (χ1n) is 5.35. The van der Waals surface area contributed by atoms with Gasteiger partial charge in [-0.3, -0.25) is 4.79 Å². The molecule has 1 saturated heterocycles. The molecule has 0 bridgehead atoms. The highest BCUT2D eigenvalue weighted by molar-refractivity contribution is 5.86. The molecule has 2 atom stereocenters. The summed E-state index contributed by atoms with van der Waals surface area (Å²) in [5.41, 5.74) is -0.0896. The Balaban J connectivity index is 2.61. The van der Waals surface area contributed by atoms with Crippen LogP contribution in [0.1, 0.15) is 40.0 Å². The molecule has 2 heteroatoms. The van der Waals surface area contributed by atoms with E-state index in [1.54, 1.807) is 0 Å². The zero-order valence-corrected chi connectivity index (χ0v) is 9.02. The van der Waals surface area contributed by atoms with Gasteiger partial charge >= 0.3 is 0 Å². The molecule has 1 N–H and O–H groups in total. The van der Waals surface area contributed by atoms with Gasteiger partial charge in [0.15, 0.2) is 0 Å². The molecule has 0 amide bonds. The van der Waals surface area contributed by atoms with Crippen LogP contribution in [-0.4, -0.2) is 18.9 Å². The highest BCUT2D eigenvalue weighted by Crippen LogP contribution is 2.30. The van der Waals surface area contributed by atoms with E-state index in [0.717, 1.165) is 32.4 Å². The van der Waals surface area contributed by atoms with Gasteiger partial charge in [-0.15, -0.1) is 0 Å². The van der Waals surface area contributed by atoms with Crippen molar-refractivity contribution in [3.63, 3.8) is 0 Å². The number of nitrogens with one attached hydrogen (secondary N) is 1. The molecule has 0 aromatic rings. The van der Waals surface area contributed by atoms with Gasteiger partial charge in [0.1, 0.15) is 5.78 Å². The van der Waals surface area contributed by atoms with E-state index in [0.29, 0.717) is 5.78 Å². The Morgan fingerprint density at radius 2 is 2.31 bits per heavy atom. The topological polar surface area (TPSA) is 29.1 Å². The summed E-state index contributed by atoms with van der Waals surface area (Å²) in [5.74, 6) is 0.673. The summed E-state index contributed by atoms with van der Waals surface area (Å²) in [7, 11) is 0. The standard InChI is InChI=1S/C11H21NO/c1-4-9(2)10(13)11(3)6-5-7-12-8-11/h9,12H,4-8H2,1-3H3. The molecule has 0 aromatic carbocycles. The molecule has 0 aliphatic carbocycles. The quantitative estimate of drug-likeness (QED) is 0.725. The van der Waals surface area contributed by atoms with Crippen molar-refractivity contribution in [3.8, 4) is 0 Å². The lowest BCUT2D eigenvalue weighted by atomic mass is 9.74. The van der Waals surface area contributed by atoms with Gasteiger partial charge in [0, 0.05) is 17.9 Å². The van der Waals surface area contributed by atoms with Crippen molar-refractivity contribution in [1.29, 1.82) is 0 Å². The van der Waals surface area contributed by atoms with Crippen LogP contribution in [0.25, 0.3) is 0 Å². The largest absolute Gasteiger partial charge is 0.316 e. The molecule has 0 saturated carbocycles. The summed E-state index contributed by atoms with van der Waals surface area (Å²) in [4.78, 5) is 12.0. The summed E-state index contributed by atoms with van der Waals surface area (Å²) >= 11 is 0. The van der Waals surface area contributed by atoms with E-state index < -0.39 is 0 Å². The average molecular weight is 183 g/mol. The normalized spacial score (nSPS) is 31.3. The molecule has 76 valence electrons. The molecule has 2 unspecified atom stereocenters. The number of carbonyl (C=O) groups is 1. The van der Waals surface area contributed by atoms with Crippen LogP contribution in [0, 0.1) is 11.3 Å². The van der Waals surface area contributed by atoms with Crippen LogP contribution in [0.3, 0.4) is 0 Å². The molecule has 1 heterocycles. The smallest absolute Gasteiger partial charge is 0.142 e. The Bertz CT molecular complexity index is 183. The Hall–Kier alpha value is -0.370. The van der Waals surface area contributed by atoms with Gasteiger partial charge in [-0.25, -0.2) is 0 Å². The van der Waals surface area contributed by atoms with E-state index in [-0.39, 0.29) is 11.3 Å². The number of carbonyl (C=O) groups excluding carboxylic acids is 1. The van der Waals surface area contributed by atoms with Crippen LogP contribution in [0.15, 0.2) is 0 Å². The third kappa shape index (κ3) is 2.31. The van der Waals surface area contributed by atoms with Gasteiger partial charge in [0.2, 0.25) is 0 Å². The Morgan fingerprint density at radius 3 is 2.77 bits per heavy atom.